The van der Waals surface area contributed by atoms with Gasteiger partial charge in [0.05, 0.1) is 6.54 Å². The predicted molar refractivity (Wildman–Crippen MR) is 83.1 cm³/mol. The maximum Gasteiger partial charge on any atom is 0.236 e. The number of rotatable bonds is 6. The summed E-state index contributed by atoms with van der Waals surface area (Å²) in [6, 6.07) is 2.64. The van der Waals surface area contributed by atoms with E-state index in [1.165, 1.54) is 5.69 Å². The largest absolute Gasteiger partial charge is 0.348 e. The van der Waals surface area contributed by atoms with Crippen molar-refractivity contribution in [3.8, 4) is 0 Å². The van der Waals surface area contributed by atoms with E-state index < -0.39 is 0 Å². The topological polar surface area (TPSA) is 53.4 Å². The van der Waals surface area contributed by atoms with Crippen LogP contribution in [0.15, 0.2) is 12.3 Å². The van der Waals surface area contributed by atoms with Crippen molar-refractivity contribution in [3.63, 3.8) is 0 Å². The standard InChI is InChI=1S/C15H27N5O/c1-18(2)15(21)12-20-10-6-13(7-11-20)16-8-4-14-5-9-17-19(14)3/h5,9,13,16H,4,6-8,10-12H2,1-3H3. The van der Waals surface area contributed by atoms with Crippen LogP contribution >= 0.6 is 0 Å². The molecular weight excluding hydrogens is 266 g/mol. The highest BCUT2D eigenvalue weighted by atomic mass is 16.2. The second-order valence-corrected chi connectivity index (χ2v) is 5.99. The molecular formula is C15H27N5O. The molecule has 1 fully saturated rings. The van der Waals surface area contributed by atoms with E-state index in [9.17, 15) is 4.79 Å². The van der Waals surface area contributed by atoms with Crippen LogP contribution in [0.25, 0.3) is 0 Å². The van der Waals surface area contributed by atoms with Crippen molar-refractivity contribution in [1.29, 1.82) is 0 Å². The first-order chi connectivity index (χ1) is 10.1. The maximum absolute atomic E-state index is 11.7. The zero-order valence-corrected chi connectivity index (χ0v) is 13.4. The number of likely N-dealkylation sites (tertiary alicyclic amines) is 1. The summed E-state index contributed by atoms with van der Waals surface area (Å²) in [6.07, 6.45) is 5.09. The first kappa shape index (κ1) is 16.0. The van der Waals surface area contributed by atoms with Gasteiger partial charge in [0.2, 0.25) is 5.91 Å². The molecule has 21 heavy (non-hydrogen) atoms. The van der Waals surface area contributed by atoms with Gasteiger partial charge in [0, 0.05) is 65.1 Å². The molecule has 6 heteroatoms. The fourth-order valence-electron chi connectivity index (χ4n) is 2.68. The molecule has 0 saturated carbocycles. The van der Waals surface area contributed by atoms with E-state index >= 15 is 0 Å². The van der Waals surface area contributed by atoms with Gasteiger partial charge in [0.1, 0.15) is 0 Å². The van der Waals surface area contributed by atoms with Crippen LogP contribution in [-0.4, -0.2) is 71.8 Å². The van der Waals surface area contributed by atoms with Crippen LogP contribution in [0.3, 0.4) is 0 Å². The van der Waals surface area contributed by atoms with Crippen LogP contribution in [-0.2, 0) is 18.3 Å². The highest BCUT2D eigenvalue weighted by molar-refractivity contribution is 5.77. The number of piperidine rings is 1. The fraction of sp³-hybridized carbons (Fsp3) is 0.733. The number of likely N-dealkylation sites (N-methyl/N-ethyl adjacent to an activating group) is 1. The third-order valence-electron chi connectivity index (χ3n) is 4.18. The zero-order chi connectivity index (χ0) is 15.2. The van der Waals surface area contributed by atoms with Gasteiger partial charge in [-0.3, -0.25) is 14.4 Å². The number of carbonyl (C=O) groups is 1. The molecule has 0 aliphatic carbocycles. The molecule has 1 aliphatic heterocycles. The molecule has 118 valence electrons. The number of aromatic nitrogens is 2. The van der Waals surface area contributed by atoms with Gasteiger partial charge in [-0.25, -0.2) is 0 Å². The Morgan fingerprint density at radius 2 is 2.14 bits per heavy atom. The average Bonchev–Trinajstić information content (AvgIpc) is 2.86. The van der Waals surface area contributed by atoms with E-state index in [-0.39, 0.29) is 5.91 Å². The summed E-state index contributed by atoms with van der Waals surface area (Å²) in [5, 5.41) is 7.80. The summed E-state index contributed by atoms with van der Waals surface area (Å²) >= 11 is 0. The van der Waals surface area contributed by atoms with Gasteiger partial charge in [0.15, 0.2) is 0 Å². The van der Waals surface area contributed by atoms with Crippen LogP contribution < -0.4 is 5.32 Å². The molecule has 1 N–H and O–H groups in total. The van der Waals surface area contributed by atoms with Gasteiger partial charge in [0.25, 0.3) is 0 Å². The van der Waals surface area contributed by atoms with Gasteiger partial charge in [-0.15, -0.1) is 0 Å². The Labute approximate surface area is 127 Å². The molecule has 1 saturated heterocycles. The van der Waals surface area contributed by atoms with Crippen molar-refractivity contribution in [3.05, 3.63) is 18.0 Å². The third kappa shape index (κ3) is 4.82. The van der Waals surface area contributed by atoms with Gasteiger partial charge in [-0.05, 0) is 18.9 Å². The first-order valence-corrected chi connectivity index (χ1v) is 7.69. The second kappa shape index (κ2) is 7.56. The van der Waals surface area contributed by atoms with E-state index in [4.69, 9.17) is 0 Å². The molecule has 1 aliphatic rings. The number of nitrogens with one attached hydrogen (secondary N) is 1. The van der Waals surface area contributed by atoms with Crippen molar-refractivity contribution in [2.24, 2.45) is 7.05 Å². The predicted octanol–water partition coefficient (Wildman–Crippen LogP) is 0.105. The third-order valence-corrected chi connectivity index (χ3v) is 4.18. The summed E-state index contributed by atoms with van der Waals surface area (Å²) in [4.78, 5) is 15.6. The minimum Gasteiger partial charge on any atom is -0.348 e. The lowest BCUT2D eigenvalue weighted by molar-refractivity contribution is -0.130. The zero-order valence-electron chi connectivity index (χ0n) is 13.4. The lowest BCUT2D eigenvalue weighted by Gasteiger charge is -2.32. The molecule has 6 nitrogen and oxygen atoms in total. The number of hydrogen-bond acceptors (Lipinski definition) is 4. The smallest absolute Gasteiger partial charge is 0.236 e. The molecule has 0 aromatic carbocycles. The summed E-state index contributed by atoms with van der Waals surface area (Å²) < 4.78 is 1.93. The minimum absolute atomic E-state index is 0.192. The summed E-state index contributed by atoms with van der Waals surface area (Å²) in [5.74, 6) is 0.192. The molecule has 2 rings (SSSR count). The Hall–Kier alpha value is -1.40. The molecule has 0 radical (unpaired) electrons. The number of carbonyl (C=O) groups excluding carboxylic acids is 1. The van der Waals surface area contributed by atoms with E-state index in [0.717, 1.165) is 38.9 Å². The molecule has 1 aromatic heterocycles. The second-order valence-electron chi connectivity index (χ2n) is 5.99. The van der Waals surface area contributed by atoms with Crippen LogP contribution in [0.5, 0.6) is 0 Å². The summed E-state index contributed by atoms with van der Waals surface area (Å²) in [5.41, 5.74) is 1.26. The number of nitrogens with zero attached hydrogens (tertiary/aromatic N) is 4. The van der Waals surface area contributed by atoms with E-state index in [0.29, 0.717) is 12.6 Å². The molecule has 1 amide bonds. The fourth-order valence-corrected chi connectivity index (χ4v) is 2.68. The number of amides is 1. The lowest BCUT2D eigenvalue weighted by atomic mass is 10.0. The van der Waals surface area contributed by atoms with Crippen LogP contribution in [0.1, 0.15) is 18.5 Å². The van der Waals surface area contributed by atoms with Crippen LogP contribution in [0.2, 0.25) is 0 Å². The van der Waals surface area contributed by atoms with E-state index in [2.05, 4.69) is 21.4 Å². The quantitative estimate of drug-likeness (QED) is 0.808. The van der Waals surface area contributed by atoms with Gasteiger partial charge >= 0.3 is 0 Å². The van der Waals surface area contributed by atoms with Crippen molar-refractivity contribution < 1.29 is 4.79 Å². The Kier molecular flexibility index (Phi) is 5.76. The normalized spacial score (nSPS) is 17.1. The molecule has 0 bridgehead atoms. The minimum atomic E-state index is 0.192. The maximum atomic E-state index is 11.7. The molecule has 0 spiro atoms. The number of aryl methyl sites for hydroxylation is 1. The van der Waals surface area contributed by atoms with Gasteiger partial charge in [-0.2, -0.15) is 5.10 Å². The van der Waals surface area contributed by atoms with Gasteiger partial charge in [-0.1, -0.05) is 0 Å². The van der Waals surface area contributed by atoms with E-state index in [1.54, 1.807) is 4.90 Å². The molecule has 2 heterocycles. The average molecular weight is 293 g/mol. The number of hydrogen-bond donors (Lipinski definition) is 1. The SMILES string of the molecule is CN(C)C(=O)CN1CCC(NCCc2ccnn2C)CC1. The summed E-state index contributed by atoms with van der Waals surface area (Å²) in [7, 11) is 5.61. The highest BCUT2D eigenvalue weighted by Gasteiger charge is 2.20. The first-order valence-electron chi connectivity index (χ1n) is 7.69. The monoisotopic (exact) mass is 293 g/mol. The highest BCUT2D eigenvalue weighted by Crippen LogP contribution is 2.10. The van der Waals surface area contributed by atoms with Crippen LogP contribution in [0, 0.1) is 0 Å². The summed E-state index contributed by atoms with van der Waals surface area (Å²) in [6.45, 7) is 3.54. The Balaban J connectivity index is 1.63. The van der Waals surface area contributed by atoms with Crippen molar-refractivity contribution in [2.75, 3.05) is 40.3 Å². The Bertz CT molecular complexity index is 449. The Morgan fingerprint density at radius 1 is 1.43 bits per heavy atom. The van der Waals surface area contributed by atoms with Crippen LogP contribution in [0.4, 0.5) is 0 Å². The van der Waals surface area contributed by atoms with Gasteiger partial charge < -0.3 is 10.2 Å². The van der Waals surface area contributed by atoms with E-state index in [1.807, 2.05) is 32.0 Å². The molecule has 0 atom stereocenters. The van der Waals surface area contributed by atoms with Crippen molar-refractivity contribution in [1.82, 2.24) is 24.9 Å². The molecule has 1 aromatic rings. The lowest BCUT2D eigenvalue weighted by Crippen LogP contribution is -2.46. The Morgan fingerprint density at radius 3 is 2.71 bits per heavy atom. The van der Waals surface area contributed by atoms with Crippen molar-refractivity contribution in [2.45, 2.75) is 25.3 Å². The van der Waals surface area contributed by atoms with Crippen molar-refractivity contribution >= 4 is 5.91 Å². The molecule has 0 unspecified atom stereocenters.